The van der Waals surface area contributed by atoms with Crippen LogP contribution in [0.2, 0.25) is 5.02 Å². The van der Waals surface area contributed by atoms with Crippen LogP contribution in [0.15, 0.2) is 83.8 Å². The Morgan fingerprint density at radius 2 is 1.62 bits per heavy atom. The first kappa shape index (κ1) is 23.6. The third-order valence-electron chi connectivity index (χ3n) is 4.88. The SMILES string of the molecule is COc1ccc(N(CC(=O)NCCCc2ccccc2Cl)S(=O)(=O)c2ccccc2)cc1. The molecule has 1 N–H and O–H groups in total. The summed E-state index contributed by atoms with van der Waals surface area (Å²) in [5.41, 5.74) is 1.39. The number of ether oxygens (including phenoxy) is 1. The van der Waals surface area contributed by atoms with Gasteiger partial charge in [0.2, 0.25) is 5.91 Å². The summed E-state index contributed by atoms with van der Waals surface area (Å²) in [6.45, 7) is 0.0710. The maximum atomic E-state index is 13.3. The Kier molecular flexibility index (Phi) is 8.14. The smallest absolute Gasteiger partial charge is 0.264 e. The predicted molar refractivity (Wildman–Crippen MR) is 127 cm³/mol. The number of hydrogen-bond donors (Lipinski definition) is 1. The predicted octanol–water partition coefficient (Wildman–Crippen LogP) is 4.29. The van der Waals surface area contributed by atoms with Crippen LogP contribution in [-0.2, 0) is 21.2 Å². The largest absolute Gasteiger partial charge is 0.497 e. The van der Waals surface area contributed by atoms with E-state index < -0.39 is 10.0 Å². The number of carbonyl (C=O) groups excluding carboxylic acids is 1. The quantitative estimate of drug-likeness (QED) is 0.446. The van der Waals surface area contributed by atoms with Crippen molar-refractivity contribution in [2.24, 2.45) is 0 Å². The third kappa shape index (κ3) is 6.02. The number of halogens is 1. The van der Waals surface area contributed by atoms with Crippen molar-refractivity contribution in [1.82, 2.24) is 5.32 Å². The van der Waals surface area contributed by atoms with E-state index in [2.05, 4.69) is 5.32 Å². The van der Waals surface area contributed by atoms with E-state index in [9.17, 15) is 13.2 Å². The van der Waals surface area contributed by atoms with Crippen LogP contribution >= 0.6 is 11.6 Å². The lowest BCUT2D eigenvalue weighted by Gasteiger charge is -2.24. The number of amides is 1. The first-order valence-corrected chi connectivity index (χ1v) is 12.0. The lowest BCUT2D eigenvalue weighted by Crippen LogP contribution is -2.41. The first-order valence-electron chi connectivity index (χ1n) is 10.1. The van der Waals surface area contributed by atoms with E-state index >= 15 is 0 Å². The average molecular weight is 473 g/mol. The summed E-state index contributed by atoms with van der Waals surface area (Å²) >= 11 is 6.16. The van der Waals surface area contributed by atoms with Crippen molar-refractivity contribution in [1.29, 1.82) is 0 Å². The Bertz CT molecular complexity index is 1140. The number of nitrogens with one attached hydrogen (secondary N) is 1. The molecule has 0 spiro atoms. The standard InChI is InChI=1S/C24H25ClN2O4S/c1-31-21-15-13-20(14-16-21)27(32(29,30)22-10-3-2-4-11-22)18-24(28)26-17-7-9-19-8-5-6-12-23(19)25/h2-6,8,10-16H,7,9,17-18H2,1H3,(H,26,28). The summed E-state index contributed by atoms with van der Waals surface area (Å²) in [4.78, 5) is 12.8. The van der Waals surface area contributed by atoms with Gasteiger partial charge in [-0.3, -0.25) is 9.10 Å². The zero-order chi connectivity index (χ0) is 23.0. The van der Waals surface area contributed by atoms with E-state index in [0.29, 0.717) is 35.8 Å². The summed E-state index contributed by atoms with van der Waals surface area (Å²) in [6, 6.07) is 22.2. The summed E-state index contributed by atoms with van der Waals surface area (Å²) < 4.78 is 32.8. The van der Waals surface area contributed by atoms with Crippen LogP contribution in [0.3, 0.4) is 0 Å². The average Bonchev–Trinajstić information content (AvgIpc) is 2.82. The van der Waals surface area contributed by atoms with Gasteiger partial charge in [0.15, 0.2) is 0 Å². The third-order valence-corrected chi connectivity index (χ3v) is 7.04. The van der Waals surface area contributed by atoms with Crippen molar-refractivity contribution in [2.45, 2.75) is 17.7 Å². The van der Waals surface area contributed by atoms with E-state index in [1.165, 1.54) is 19.2 Å². The Hall–Kier alpha value is -3.03. The van der Waals surface area contributed by atoms with Crippen molar-refractivity contribution >= 4 is 33.2 Å². The van der Waals surface area contributed by atoms with Crippen molar-refractivity contribution in [2.75, 3.05) is 24.5 Å². The molecule has 168 valence electrons. The molecule has 0 aliphatic rings. The number of hydrogen-bond acceptors (Lipinski definition) is 4. The van der Waals surface area contributed by atoms with Crippen LogP contribution in [0.25, 0.3) is 0 Å². The number of benzene rings is 3. The second-order valence-electron chi connectivity index (χ2n) is 7.07. The molecule has 0 fully saturated rings. The molecular formula is C24H25ClN2O4S. The monoisotopic (exact) mass is 472 g/mol. The number of sulfonamides is 1. The molecule has 0 unspecified atom stereocenters. The van der Waals surface area contributed by atoms with Crippen LogP contribution in [0.4, 0.5) is 5.69 Å². The van der Waals surface area contributed by atoms with Crippen molar-refractivity contribution < 1.29 is 17.9 Å². The summed E-state index contributed by atoms with van der Waals surface area (Å²) in [6.07, 6.45) is 1.40. The van der Waals surface area contributed by atoms with Crippen LogP contribution in [0.5, 0.6) is 5.75 Å². The van der Waals surface area contributed by atoms with Gasteiger partial charge in [-0.2, -0.15) is 0 Å². The molecule has 0 saturated carbocycles. The zero-order valence-electron chi connectivity index (χ0n) is 17.7. The van der Waals surface area contributed by atoms with Gasteiger partial charge in [0.1, 0.15) is 12.3 Å². The Morgan fingerprint density at radius 1 is 0.969 bits per heavy atom. The highest BCUT2D eigenvalue weighted by molar-refractivity contribution is 7.92. The fraction of sp³-hybridized carbons (Fsp3) is 0.208. The molecule has 1 amide bonds. The number of rotatable bonds is 10. The van der Waals surface area contributed by atoms with E-state index in [0.717, 1.165) is 9.87 Å². The lowest BCUT2D eigenvalue weighted by atomic mass is 10.1. The Labute approximate surface area is 193 Å². The van der Waals surface area contributed by atoms with E-state index in [-0.39, 0.29) is 17.3 Å². The van der Waals surface area contributed by atoms with Gasteiger partial charge < -0.3 is 10.1 Å². The van der Waals surface area contributed by atoms with Gasteiger partial charge >= 0.3 is 0 Å². The second kappa shape index (κ2) is 11.0. The fourth-order valence-corrected chi connectivity index (χ4v) is 4.85. The van der Waals surface area contributed by atoms with Crippen molar-refractivity contribution in [3.05, 3.63) is 89.4 Å². The molecule has 0 atom stereocenters. The highest BCUT2D eigenvalue weighted by Crippen LogP contribution is 2.25. The molecule has 0 aliphatic heterocycles. The molecule has 3 rings (SSSR count). The molecule has 3 aromatic carbocycles. The van der Waals surface area contributed by atoms with Gasteiger partial charge in [0.05, 0.1) is 17.7 Å². The highest BCUT2D eigenvalue weighted by Gasteiger charge is 2.27. The van der Waals surface area contributed by atoms with Crippen LogP contribution in [0.1, 0.15) is 12.0 Å². The minimum atomic E-state index is -3.93. The molecule has 3 aromatic rings. The van der Waals surface area contributed by atoms with E-state index in [4.69, 9.17) is 16.3 Å². The maximum absolute atomic E-state index is 13.3. The molecule has 0 aliphatic carbocycles. The fourth-order valence-electron chi connectivity index (χ4n) is 3.18. The van der Waals surface area contributed by atoms with Crippen molar-refractivity contribution in [3.63, 3.8) is 0 Å². The van der Waals surface area contributed by atoms with E-state index in [1.54, 1.807) is 42.5 Å². The minimum Gasteiger partial charge on any atom is -0.497 e. The molecule has 0 radical (unpaired) electrons. The molecule has 8 heteroatoms. The number of aryl methyl sites for hydroxylation is 1. The molecular weight excluding hydrogens is 448 g/mol. The number of nitrogens with zero attached hydrogens (tertiary/aromatic N) is 1. The summed E-state index contributed by atoms with van der Waals surface area (Å²) in [7, 11) is -2.40. The van der Waals surface area contributed by atoms with Gasteiger partial charge in [0.25, 0.3) is 10.0 Å². The van der Waals surface area contributed by atoms with Gasteiger partial charge in [-0.05, 0) is 60.9 Å². The molecule has 0 saturated heterocycles. The molecule has 0 bridgehead atoms. The topological polar surface area (TPSA) is 75.7 Å². The highest BCUT2D eigenvalue weighted by atomic mass is 35.5. The molecule has 0 heterocycles. The Balaban J connectivity index is 1.70. The maximum Gasteiger partial charge on any atom is 0.264 e. The summed E-state index contributed by atoms with van der Waals surface area (Å²) in [5.74, 6) is 0.203. The van der Waals surface area contributed by atoms with Crippen LogP contribution in [0, 0.1) is 0 Å². The minimum absolute atomic E-state index is 0.113. The normalized spacial score (nSPS) is 11.1. The number of carbonyl (C=O) groups is 1. The molecule has 0 aromatic heterocycles. The summed E-state index contributed by atoms with van der Waals surface area (Å²) in [5, 5.41) is 3.50. The van der Waals surface area contributed by atoms with Gasteiger partial charge in [-0.1, -0.05) is 48.0 Å². The lowest BCUT2D eigenvalue weighted by molar-refractivity contribution is -0.119. The van der Waals surface area contributed by atoms with E-state index in [1.807, 2.05) is 24.3 Å². The molecule has 6 nitrogen and oxygen atoms in total. The van der Waals surface area contributed by atoms with Crippen molar-refractivity contribution in [3.8, 4) is 5.75 Å². The van der Waals surface area contributed by atoms with Gasteiger partial charge in [-0.15, -0.1) is 0 Å². The molecule has 32 heavy (non-hydrogen) atoms. The van der Waals surface area contributed by atoms with Crippen LogP contribution < -0.4 is 14.4 Å². The first-order chi connectivity index (χ1) is 15.4. The van der Waals surface area contributed by atoms with Gasteiger partial charge in [0, 0.05) is 11.6 Å². The Morgan fingerprint density at radius 3 is 2.28 bits per heavy atom. The zero-order valence-corrected chi connectivity index (χ0v) is 19.3. The number of methoxy groups -OCH3 is 1. The number of anilines is 1. The van der Waals surface area contributed by atoms with Gasteiger partial charge in [-0.25, -0.2) is 8.42 Å². The second-order valence-corrected chi connectivity index (χ2v) is 9.34. The van der Waals surface area contributed by atoms with Crippen LogP contribution in [-0.4, -0.2) is 34.5 Å².